The van der Waals surface area contributed by atoms with Crippen molar-refractivity contribution in [3.63, 3.8) is 0 Å². The highest BCUT2D eigenvalue weighted by molar-refractivity contribution is 6.13. The highest BCUT2D eigenvalue weighted by Gasteiger charge is 2.31. The third-order valence-corrected chi connectivity index (χ3v) is 3.53. The van der Waals surface area contributed by atoms with Crippen LogP contribution < -0.4 is 9.64 Å². The molecule has 4 heteroatoms. The highest BCUT2D eigenvalue weighted by atomic mass is 16.6. The first-order valence-corrected chi connectivity index (χ1v) is 7.03. The van der Waals surface area contributed by atoms with E-state index in [4.69, 9.17) is 11.2 Å². The van der Waals surface area contributed by atoms with Crippen molar-refractivity contribution in [3.8, 4) is 18.1 Å². The summed E-state index contributed by atoms with van der Waals surface area (Å²) < 4.78 is 5.39. The normalized spacial score (nSPS) is 15.9. The number of carbonyl (C=O) groups is 2. The number of benzene rings is 2. The van der Waals surface area contributed by atoms with E-state index >= 15 is 0 Å². The van der Waals surface area contributed by atoms with Gasteiger partial charge in [0.2, 0.25) is 0 Å². The van der Waals surface area contributed by atoms with Gasteiger partial charge in [-0.3, -0.25) is 9.69 Å². The fraction of sp³-hybridized carbons (Fsp3) is 0.0526. The molecular weight excluding hydrogens is 290 g/mol. The van der Waals surface area contributed by atoms with Crippen LogP contribution in [0.5, 0.6) is 5.75 Å². The molecular formula is C19H13NO3. The molecule has 2 aromatic carbocycles. The minimum absolute atomic E-state index is 0.427. The van der Waals surface area contributed by atoms with E-state index in [1.54, 1.807) is 54.6 Å². The zero-order chi connectivity index (χ0) is 16.2. The number of rotatable bonds is 2. The quantitative estimate of drug-likeness (QED) is 0.632. The van der Waals surface area contributed by atoms with E-state index in [-0.39, 0.29) is 0 Å². The van der Waals surface area contributed by atoms with Gasteiger partial charge >= 0.3 is 6.09 Å². The number of hydrogen-bond acceptors (Lipinski definition) is 3. The van der Waals surface area contributed by atoms with Gasteiger partial charge in [-0.05, 0) is 24.3 Å². The van der Waals surface area contributed by atoms with E-state index in [9.17, 15) is 9.59 Å². The molecule has 0 aliphatic carbocycles. The Morgan fingerprint density at radius 3 is 2.52 bits per heavy atom. The molecule has 0 saturated carbocycles. The summed E-state index contributed by atoms with van der Waals surface area (Å²) in [6.07, 6.45) is 7.27. The average Bonchev–Trinajstić information content (AvgIpc) is 2.60. The van der Waals surface area contributed by atoms with E-state index in [0.717, 1.165) is 6.29 Å². The molecule has 23 heavy (non-hydrogen) atoms. The molecule has 1 atom stereocenters. The molecule has 0 aromatic heterocycles. The molecule has 0 bridgehead atoms. The zero-order valence-corrected chi connectivity index (χ0v) is 12.2. The van der Waals surface area contributed by atoms with Crippen molar-refractivity contribution in [2.24, 2.45) is 0 Å². The number of ether oxygens (including phenoxy) is 1. The van der Waals surface area contributed by atoms with Crippen LogP contribution in [0.4, 0.5) is 10.5 Å². The lowest BCUT2D eigenvalue weighted by Gasteiger charge is -2.31. The number of amides is 1. The molecule has 0 radical (unpaired) electrons. The van der Waals surface area contributed by atoms with Gasteiger partial charge in [0.05, 0.1) is 5.69 Å². The minimum Gasteiger partial charge on any atom is -0.410 e. The predicted octanol–water partition coefficient (Wildman–Crippen LogP) is 3.29. The van der Waals surface area contributed by atoms with E-state index in [2.05, 4.69) is 5.92 Å². The molecule has 0 saturated heterocycles. The zero-order valence-electron chi connectivity index (χ0n) is 12.2. The molecule has 1 aliphatic heterocycles. The smallest absolute Gasteiger partial charge is 0.410 e. The van der Waals surface area contributed by atoms with Gasteiger partial charge in [0.15, 0.2) is 6.29 Å². The Balaban J connectivity index is 2.00. The molecule has 0 fully saturated rings. The Kier molecular flexibility index (Phi) is 3.94. The number of anilines is 1. The van der Waals surface area contributed by atoms with Gasteiger partial charge in [-0.25, -0.2) is 4.79 Å². The highest BCUT2D eigenvalue weighted by Crippen LogP contribution is 2.33. The van der Waals surface area contributed by atoms with Crippen LogP contribution in [0.25, 0.3) is 5.57 Å². The van der Waals surface area contributed by atoms with Crippen molar-refractivity contribution in [1.29, 1.82) is 0 Å². The minimum atomic E-state index is -0.679. The maximum absolute atomic E-state index is 12.6. The fourth-order valence-corrected chi connectivity index (χ4v) is 2.49. The van der Waals surface area contributed by atoms with Crippen LogP contribution in [-0.4, -0.2) is 18.4 Å². The Morgan fingerprint density at radius 2 is 1.83 bits per heavy atom. The number of fused-ring (bicyclic) bond motifs is 1. The van der Waals surface area contributed by atoms with Crippen molar-refractivity contribution in [2.75, 3.05) is 4.90 Å². The fourth-order valence-electron chi connectivity index (χ4n) is 2.49. The van der Waals surface area contributed by atoms with Crippen LogP contribution in [0.2, 0.25) is 0 Å². The Bertz CT molecular complexity index is 818. The summed E-state index contributed by atoms with van der Waals surface area (Å²) in [6.45, 7) is 0. The third-order valence-electron chi connectivity index (χ3n) is 3.53. The summed E-state index contributed by atoms with van der Waals surface area (Å²) >= 11 is 0. The number of para-hydroxylation sites is 2. The molecule has 0 spiro atoms. The van der Waals surface area contributed by atoms with E-state index in [0.29, 0.717) is 22.6 Å². The van der Waals surface area contributed by atoms with E-state index in [1.165, 1.54) is 4.90 Å². The van der Waals surface area contributed by atoms with E-state index < -0.39 is 12.1 Å². The standard InChI is InChI=1S/C19H13NO3/c1-2-15-12-14(13-21)17-10-6-7-11-18(17)20(15)19(22)23-16-8-4-3-5-9-16/h1,3-13,15H. The second kappa shape index (κ2) is 6.20. The second-order valence-electron chi connectivity index (χ2n) is 4.92. The van der Waals surface area contributed by atoms with Crippen LogP contribution in [0.1, 0.15) is 5.56 Å². The summed E-state index contributed by atoms with van der Waals surface area (Å²) in [6, 6.07) is 15.2. The van der Waals surface area contributed by atoms with Crippen molar-refractivity contribution in [1.82, 2.24) is 0 Å². The predicted molar refractivity (Wildman–Crippen MR) is 88.0 cm³/mol. The van der Waals surface area contributed by atoms with Gasteiger partial charge in [0.25, 0.3) is 0 Å². The number of aldehydes is 1. The molecule has 4 nitrogen and oxygen atoms in total. The van der Waals surface area contributed by atoms with Crippen molar-refractivity contribution < 1.29 is 14.3 Å². The number of allylic oxidation sites excluding steroid dienone is 1. The maximum Gasteiger partial charge on any atom is 0.421 e. The van der Waals surface area contributed by atoms with Crippen molar-refractivity contribution in [3.05, 3.63) is 66.2 Å². The molecule has 112 valence electrons. The lowest BCUT2D eigenvalue weighted by Crippen LogP contribution is -2.43. The average molecular weight is 303 g/mol. The van der Waals surface area contributed by atoms with Gasteiger partial charge in [-0.2, -0.15) is 0 Å². The number of hydrogen-bond donors (Lipinski definition) is 0. The van der Waals surface area contributed by atoms with Crippen molar-refractivity contribution in [2.45, 2.75) is 6.04 Å². The Labute approximate surface area is 134 Å². The van der Waals surface area contributed by atoms with Crippen LogP contribution in [0.3, 0.4) is 0 Å². The second-order valence-corrected chi connectivity index (χ2v) is 4.92. The number of carbonyl (C=O) groups excluding carboxylic acids is 2. The van der Waals surface area contributed by atoms with Crippen LogP contribution >= 0.6 is 0 Å². The lowest BCUT2D eigenvalue weighted by atomic mass is 9.96. The lowest BCUT2D eigenvalue weighted by molar-refractivity contribution is -0.103. The van der Waals surface area contributed by atoms with Crippen molar-refractivity contribution >= 4 is 23.6 Å². The van der Waals surface area contributed by atoms with Crippen LogP contribution in [0, 0.1) is 12.3 Å². The maximum atomic E-state index is 12.6. The first kappa shape index (κ1) is 14.6. The third kappa shape index (κ3) is 2.72. The number of terminal acetylenes is 1. The molecule has 1 amide bonds. The summed E-state index contributed by atoms with van der Waals surface area (Å²) in [5.41, 5.74) is 1.67. The molecule has 0 N–H and O–H groups in total. The van der Waals surface area contributed by atoms with Gasteiger partial charge in [0, 0.05) is 11.1 Å². The molecule has 1 heterocycles. The van der Waals surface area contributed by atoms with Crippen LogP contribution in [-0.2, 0) is 4.79 Å². The Morgan fingerprint density at radius 1 is 1.13 bits per heavy atom. The van der Waals surface area contributed by atoms with Gasteiger partial charge in [0.1, 0.15) is 11.8 Å². The Hall–Kier alpha value is -3.32. The van der Waals surface area contributed by atoms with Crippen LogP contribution in [0.15, 0.2) is 60.7 Å². The molecule has 1 unspecified atom stereocenters. The summed E-state index contributed by atoms with van der Waals surface area (Å²) in [5.74, 6) is 2.94. The summed E-state index contributed by atoms with van der Waals surface area (Å²) in [4.78, 5) is 25.2. The monoisotopic (exact) mass is 303 g/mol. The molecule has 2 aromatic rings. The number of nitrogens with zero attached hydrogens (tertiary/aromatic N) is 1. The first-order valence-electron chi connectivity index (χ1n) is 7.03. The van der Waals surface area contributed by atoms with E-state index in [1.807, 2.05) is 6.07 Å². The molecule has 3 rings (SSSR count). The SMILES string of the molecule is C#CC1C=C(C=O)c2ccccc2N1C(=O)Oc1ccccc1. The first-order chi connectivity index (χ1) is 11.2. The van der Waals surface area contributed by atoms with Gasteiger partial charge in [-0.1, -0.05) is 42.3 Å². The topological polar surface area (TPSA) is 46.6 Å². The molecule has 1 aliphatic rings. The summed E-state index contributed by atoms with van der Waals surface area (Å²) in [5, 5.41) is 0. The largest absolute Gasteiger partial charge is 0.421 e. The summed E-state index contributed by atoms with van der Waals surface area (Å²) in [7, 11) is 0. The van der Waals surface area contributed by atoms with Gasteiger partial charge in [-0.15, -0.1) is 6.42 Å². The van der Waals surface area contributed by atoms with Gasteiger partial charge < -0.3 is 4.74 Å².